The molecule has 0 saturated carbocycles. The van der Waals surface area contributed by atoms with Crippen LogP contribution in [0.3, 0.4) is 0 Å². The minimum absolute atomic E-state index is 0.0286. The molecule has 2 amide bonds. The number of amides is 2. The number of nitrogens with one attached hydrogen (secondary N) is 1. The van der Waals surface area contributed by atoms with Crippen LogP contribution in [0.1, 0.15) is 51.5 Å². The number of thioether (sulfide) groups is 1. The monoisotopic (exact) mass is 494 g/mol. The quantitative estimate of drug-likeness (QED) is 0.252. The van der Waals surface area contributed by atoms with Gasteiger partial charge in [0.15, 0.2) is 0 Å². The molecule has 0 aliphatic carbocycles. The van der Waals surface area contributed by atoms with Crippen molar-refractivity contribution in [1.82, 2.24) is 10.2 Å². The lowest BCUT2D eigenvalue weighted by molar-refractivity contribution is -0.141. The normalized spacial score (nSPS) is 11.8. The van der Waals surface area contributed by atoms with Crippen LogP contribution in [0.2, 0.25) is 10.0 Å². The van der Waals surface area contributed by atoms with E-state index in [0.717, 1.165) is 35.5 Å². The Bertz CT molecular complexity index is 861. The number of hydrogen-bond donors (Lipinski definition) is 1. The predicted octanol–water partition coefficient (Wildman–Crippen LogP) is 6.59. The highest BCUT2D eigenvalue weighted by molar-refractivity contribution is 7.99. The summed E-state index contributed by atoms with van der Waals surface area (Å²) in [5.74, 6) is 0.684. The summed E-state index contributed by atoms with van der Waals surface area (Å²) < 4.78 is 0. The van der Waals surface area contributed by atoms with Crippen molar-refractivity contribution < 1.29 is 9.59 Å². The van der Waals surface area contributed by atoms with Gasteiger partial charge in [-0.25, -0.2) is 0 Å². The molecule has 2 rings (SSSR count). The van der Waals surface area contributed by atoms with Crippen molar-refractivity contribution >= 4 is 46.8 Å². The fraction of sp³-hybridized carbons (Fsp3) is 0.440. The van der Waals surface area contributed by atoms with E-state index < -0.39 is 6.04 Å². The summed E-state index contributed by atoms with van der Waals surface area (Å²) in [6.07, 6.45) is 3.57. The number of carbonyl (C=O) groups excluding carboxylic acids is 2. The summed E-state index contributed by atoms with van der Waals surface area (Å²) in [6.45, 7) is 4.96. The van der Waals surface area contributed by atoms with Crippen LogP contribution in [0.4, 0.5) is 0 Å². The zero-order valence-corrected chi connectivity index (χ0v) is 21.1. The van der Waals surface area contributed by atoms with E-state index in [1.54, 1.807) is 16.7 Å². The Morgan fingerprint density at radius 1 is 1.03 bits per heavy atom. The van der Waals surface area contributed by atoms with Gasteiger partial charge in [-0.2, -0.15) is 0 Å². The Hall–Kier alpha value is -1.69. The van der Waals surface area contributed by atoms with Crippen LogP contribution < -0.4 is 5.32 Å². The van der Waals surface area contributed by atoms with Crippen molar-refractivity contribution in [2.75, 3.05) is 12.3 Å². The van der Waals surface area contributed by atoms with E-state index >= 15 is 0 Å². The summed E-state index contributed by atoms with van der Waals surface area (Å²) in [6, 6.07) is 14.6. The van der Waals surface area contributed by atoms with Crippen molar-refractivity contribution in [2.24, 2.45) is 0 Å². The molecule has 7 heteroatoms. The topological polar surface area (TPSA) is 49.4 Å². The number of rotatable bonds is 13. The van der Waals surface area contributed by atoms with Gasteiger partial charge in [-0.1, -0.05) is 61.7 Å². The van der Waals surface area contributed by atoms with Gasteiger partial charge in [0.2, 0.25) is 11.8 Å². The second-order valence-electron chi connectivity index (χ2n) is 7.59. The van der Waals surface area contributed by atoms with E-state index in [4.69, 9.17) is 23.2 Å². The van der Waals surface area contributed by atoms with Gasteiger partial charge in [-0.15, -0.1) is 11.8 Å². The number of carbonyl (C=O) groups is 2. The van der Waals surface area contributed by atoms with Crippen LogP contribution >= 0.6 is 35.0 Å². The standard InChI is InChI=1S/C25H32Cl2N2O2S/c1-3-5-16-28-25(31)23(4-2)29(18-19-9-6-7-10-22(19)27)24(30)11-8-17-32-21-14-12-20(26)13-15-21/h6-7,9-10,12-15,23H,3-5,8,11,16-18H2,1-2H3,(H,28,31)/t23-/m0/s1. The maximum absolute atomic E-state index is 13.2. The fourth-order valence-electron chi connectivity index (χ4n) is 3.32. The lowest BCUT2D eigenvalue weighted by Crippen LogP contribution is -2.49. The Balaban J connectivity index is 2.04. The predicted molar refractivity (Wildman–Crippen MR) is 135 cm³/mol. The number of unbranched alkanes of at least 4 members (excludes halogenated alkanes) is 1. The van der Waals surface area contributed by atoms with Gasteiger partial charge in [-0.3, -0.25) is 9.59 Å². The van der Waals surface area contributed by atoms with Gasteiger partial charge in [0, 0.05) is 34.5 Å². The van der Waals surface area contributed by atoms with Crippen molar-refractivity contribution in [3.8, 4) is 0 Å². The van der Waals surface area contributed by atoms with Crippen LogP contribution in [-0.2, 0) is 16.1 Å². The maximum atomic E-state index is 13.2. The van der Waals surface area contributed by atoms with Gasteiger partial charge in [-0.05, 0) is 60.9 Å². The molecule has 4 nitrogen and oxygen atoms in total. The molecule has 0 spiro atoms. The van der Waals surface area contributed by atoms with E-state index in [0.29, 0.717) is 36.0 Å². The second kappa shape index (κ2) is 14.5. The lowest BCUT2D eigenvalue weighted by atomic mass is 10.1. The average molecular weight is 496 g/mol. The van der Waals surface area contributed by atoms with Crippen molar-refractivity contribution in [3.05, 3.63) is 64.1 Å². The molecule has 0 saturated heterocycles. The third-order valence-electron chi connectivity index (χ3n) is 5.13. The largest absolute Gasteiger partial charge is 0.354 e. The smallest absolute Gasteiger partial charge is 0.242 e. The molecule has 0 aromatic heterocycles. The van der Waals surface area contributed by atoms with Crippen LogP contribution in [-0.4, -0.2) is 35.1 Å². The molecular weight excluding hydrogens is 463 g/mol. The Morgan fingerprint density at radius 2 is 1.75 bits per heavy atom. The molecule has 0 heterocycles. The number of halogens is 2. The zero-order chi connectivity index (χ0) is 23.3. The molecule has 0 aliphatic heterocycles. The first kappa shape index (κ1) is 26.6. The Morgan fingerprint density at radius 3 is 2.41 bits per heavy atom. The first-order chi connectivity index (χ1) is 15.5. The van der Waals surface area contributed by atoms with Gasteiger partial charge in [0.1, 0.15) is 6.04 Å². The van der Waals surface area contributed by atoms with Gasteiger partial charge in [0.05, 0.1) is 0 Å². The summed E-state index contributed by atoms with van der Waals surface area (Å²) in [4.78, 5) is 28.9. The minimum atomic E-state index is -0.514. The van der Waals surface area contributed by atoms with E-state index in [2.05, 4.69) is 12.2 Å². The first-order valence-corrected chi connectivity index (χ1v) is 12.9. The molecule has 0 bridgehead atoms. The fourth-order valence-corrected chi connectivity index (χ4v) is 4.50. The molecule has 0 unspecified atom stereocenters. The van der Waals surface area contributed by atoms with E-state index in [1.165, 1.54) is 0 Å². The molecule has 2 aromatic carbocycles. The highest BCUT2D eigenvalue weighted by atomic mass is 35.5. The van der Waals surface area contributed by atoms with Crippen LogP contribution in [0, 0.1) is 0 Å². The molecule has 174 valence electrons. The highest BCUT2D eigenvalue weighted by Gasteiger charge is 2.28. The molecule has 2 aromatic rings. The minimum Gasteiger partial charge on any atom is -0.354 e. The maximum Gasteiger partial charge on any atom is 0.242 e. The van der Waals surface area contributed by atoms with E-state index in [-0.39, 0.29) is 11.8 Å². The zero-order valence-electron chi connectivity index (χ0n) is 18.8. The van der Waals surface area contributed by atoms with Crippen molar-refractivity contribution in [2.45, 2.75) is 63.4 Å². The average Bonchev–Trinajstić information content (AvgIpc) is 2.79. The molecule has 1 N–H and O–H groups in total. The SMILES string of the molecule is CCCCNC(=O)[C@H](CC)N(Cc1ccccc1Cl)C(=O)CCCSc1ccc(Cl)cc1. The van der Waals surface area contributed by atoms with Crippen molar-refractivity contribution in [1.29, 1.82) is 0 Å². The molecule has 0 fully saturated rings. The highest BCUT2D eigenvalue weighted by Crippen LogP contribution is 2.23. The molecule has 32 heavy (non-hydrogen) atoms. The Kier molecular flexibility index (Phi) is 12.0. The lowest BCUT2D eigenvalue weighted by Gasteiger charge is -2.31. The summed E-state index contributed by atoms with van der Waals surface area (Å²) in [7, 11) is 0. The van der Waals surface area contributed by atoms with Gasteiger partial charge in [0.25, 0.3) is 0 Å². The third kappa shape index (κ3) is 8.68. The van der Waals surface area contributed by atoms with Crippen LogP contribution in [0.25, 0.3) is 0 Å². The Labute approximate surface area is 206 Å². The second-order valence-corrected chi connectivity index (χ2v) is 9.60. The van der Waals surface area contributed by atoms with Gasteiger partial charge >= 0.3 is 0 Å². The molecular formula is C25H32Cl2N2O2S. The molecule has 0 aliphatic rings. The summed E-state index contributed by atoms with van der Waals surface area (Å²) in [5, 5.41) is 4.30. The summed E-state index contributed by atoms with van der Waals surface area (Å²) >= 11 is 14.0. The van der Waals surface area contributed by atoms with Crippen LogP contribution in [0.15, 0.2) is 53.4 Å². The number of hydrogen-bond acceptors (Lipinski definition) is 3. The van der Waals surface area contributed by atoms with E-state index in [1.807, 2.05) is 55.5 Å². The molecule has 1 atom stereocenters. The number of benzene rings is 2. The van der Waals surface area contributed by atoms with Crippen molar-refractivity contribution in [3.63, 3.8) is 0 Å². The summed E-state index contributed by atoms with van der Waals surface area (Å²) in [5.41, 5.74) is 0.845. The first-order valence-electron chi connectivity index (χ1n) is 11.1. The molecule has 0 radical (unpaired) electrons. The van der Waals surface area contributed by atoms with E-state index in [9.17, 15) is 9.59 Å². The third-order valence-corrected chi connectivity index (χ3v) is 6.85. The van der Waals surface area contributed by atoms with Crippen LogP contribution in [0.5, 0.6) is 0 Å². The van der Waals surface area contributed by atoms with Gasteiger partial charge < -0.3 is 10.2 Å². The number of nitrogens with zero attached hydrogens (tertiary/aromatic N) is 1.